The van der Waals surface area contributed by atoms with E-state index in [0.717, 1.165) is 25.1 Å². The summed E-state index contributed by atoms with van der Waals surface area (Å²) in [5.41, 5.74) is 0.846. The number of benzene rings is 1. The van der Waals surface area contributed by atoms with Gasteiger partial charge in [0.25, 0.3) is 5.91 Å². The van der Waals surface area contributed by atoms with Crippen molar-refractivity contribution in [3.8, 4) is 11.5 Å². The van der Waals surface area contributed by atoms with Crippen LogP contribution in [0.2, 0.25) is 0 Å². The number of carbonyl (C=O) groups excluding carboxylic acids is 1. The van der Waals surface area contributed by atoms with E-state index >= 15 is 0 Å². The highest BCUT2D eigenvalue weighted by atomic mass is 16.5. The molecule has 0 spiro atoms. The van der Waals surface area contributed by atoms with Crippen LogP contribution in [-0.2, 0) is 16.0 Å². The molecule has 1 fully saturated rings. The second-order valence-corrected chi connectivity index (χ2v) is 4.94. The monoisotopic (exact) mass is 277 g/mol. The van der Waals surface area contributed by atoms with Crippen molar-refractivity contribution >= 4 is 11.9 Å². The Kier molecular flexibility index (Phi) is 3.22. The predicted molar refractivity (Wildman–Crippen MR) is 68.9 cm³/mol. The lowest BCUT2D eigenvalue weighted by molar-refractivity contribution is -0.144. The third kappa shape index (κ3) is 2.41. The largest absolute Gasteiger partial charge is 0.484 e. The zero-order chi connectivity index (χ0) is 14.1. The molecule has 106 valence electrons. The Morgan fingerprint density at radius 1 is 1.40 bits per heavy atom. The summed E-state index contributed by atoms with van der Waals surface area (Å²) in [5.74, 6) is 0.0349. The third-order valence-corrected chi connectivity index (χ3v) is 3.56. The number of carboxylic acids is 1. The van der Waals surface area contributed by atoms with Gasteiger partial charge in [-0.25, -0.2) is 4.79 Å². The number of amides is 1. The van der Waals surface area contributed by atoms with E-state index in [9.17, 15) is 9.59 Å². The van der Waals surface area contributed by atoms with Crippen LogP contribution < -0.4 is 9.47 Å². The van der Waals surface area contributed by atoms with E-state index in [0.29, 0.717) is 17.9 Å². The van der Waals surface area contributed by atoms with Gasteiger partial charge in [0.15, 0.2) is 12.7 Å². The van der Waals surface area contributed by atoms with Gasteiger partial charge in [-0.05, 0) is 18.1 Å². The summed E-state index contributed by atoms with van der Waals surface area (Å²) >= 11 is 0. The van der Waals surface area contributed by atoms with E-state index < -0.39 is 12.1 Å². The fourth-order valence-corrected chi connectivity index (χ4v) is 2.24. The average Bonchev–Trinajstić information content (AvgIpc) is 2.77. The second-order valence-electron chi connectivity index (χ2n) is 4.94. The average molecular weight is 277 g/mol. The molecule has 0 bridgehead atoms. The number of ether oxygens (including phenoxy) is 2. The summed E-state index contributed by atoms with van der Waals surface area (Å²) in [6.07, 6.45) is 0.579. The standard InChI is InChI=1S/C14H15NO5/c16-13(15-4-1-5-15)8-19-10-3-2-9-6-12(14(17)18)20-11(9)7-10/h2-3,7,12H,1,4-6,8H2,(H,17,18). The Balaban J connectivity index is 1.61. The van der Waals surface area contributed by atoms with E-state index in [4.69, 9.17) is 14.6 Å². The lowest BCUT2D eigenvalue weighted by atomic mass is 10.1. The highest BCUT2D eigenvalue weighted by Gasteiger charge is 2.29. The normalized spacial score (nSPS) is 19.8. The fourth-order valence-electron chi connectivity index (χ4n) is 2.24. The summed E-state index contributed by atoms with van der Waals surface area (Å²) in [6, 6.07) is 5.15. The maximum absolute atomic E-state index is 11.7. The molecule has 1 atom stereocenters. The van der Waals surface area contributed by atoms with Gasteiger partial charge in [-0.1, -0.05) is 6.07 Å². The van der Waals surface area contributed by atoms with E-state index in [1.807, 2.05) is 0 Å². The van der Waals surface area contributed by atoms with E-state index in [-0.39, 0.29) is 12.5 Å². The highest BCUT2D eigenvalue weighted by Crippen LogP contribution is 2.32. The molecule has 2 aliphatic heterocycles. The summed E-state index contributed by atoms with van der Waals surface area (Å²) in [7, 11) is 0. The molecule has 1 amide bonds. The molecule has 6 nitrogen and oxygen atoms in total. The fraction of sp³-hybridized carbons (Fsp3) is 0.429. The van der Waals surface area contributed by atoms with Crippen LogP contribution in [0.1, 0.15) is 12.0 Å². The molecule has 1 N–H and O–H groups in total. The van der Waals surface area contributed by atoms with Gasteiger partial charge >= 0.3 is 5.97 Å². The molecule has 20 heavy (non-hydrogen) atoms. The van der Waals surface area contributed by atoms with Crippen LogP contribution in [-0.4, -0.2) is 47.7 Å². The maximum Gasteiger partial charge on any atom is 0.345 e. The molecular formula is C14H15NO5. The predicted octanol–water partition coefficient (Wildman–Crippen LogP) is 0.686. The SMILES string of the molecule is O=C(O)C1Cc2ccc(OCC(=O)N3CCC3)cc2O1. The number of hydrogen-bond donors (Lipinski definition) is 1. The first-order chi connectivity index (χ1) is 9.63. The summed E-state index contributed by atoms with van der Waals surface area (Å²) < 4.78 is 10.7. The minimum Gasteiger partial charge on any atom is -0.484 e. The van der Waals surface area contributed by atoms with Crippen LogP contribution in [0.25, 0.3) is 0 Å². The first-order valence-corrected chi connectivity index (χ1v) is 6.56. The van der Waals surface area contributed by atoms with Crippen LogP contribution in [0.4, 0.5) is 0 Å². The van der Waals surface area contributed by atoms with Gasteiger partial charge < -0.3 is 19.5 Å². The first kappa shape index (κ1) is 12.8. The minimum atomic E-state index is -0.975. The Labute approximate surface area is 115 Å². The van der Waals surface area contributed by atoms with E-state index in [1.165, 1.54) is 0 Å². The van der Waals surface area contributed by atoms with Crippen molar-refractivity contribution in [1.82, 2.24) is 4.90 Å². The van der Waals surface area contributed by atoms with Crippen LogP contribution >= 0.6 is 0 Å². The first-order valence-electron chi connectivity index (χ1n) is 6.56. The van der Waals surface area contributed by atoms with Gasteiger partial charge in [-0.3, -0.25) is 4.79 Å². The van der Waals surface area contributed by atoms with Crippen molar-refractivity contribution in [3.63, 3.8) is 0 Å². The van der Waals surface area contributed by atoms with Crippen LogP contribution in [0.3, 0.4) is 0 Å². The van der Waals surface area contributed by atoms with Gasteiger partial charge in [-0.15, -0.1) is 0 Å². The number of hydrogen-bond acceptors (Lipinski definition) is 4. The summed E-state index contributed by atoms with van der Waals surface area (Å²) in [4.78, 5) is 24.3. The van der Waals surface area contributed by atoms with Gasteiger partial charge in [-0.2, -0.15) is 0 Å². The number of likely N-dealkylation sites (tertiary alicyclic amines) is 1. The highest BCUT2D eigenvalue weighted by molar-refractivity contribution is 5.78. The molecule has 2 aliphatic rings. The minimum absolute atomic E-state index is 0.00114. The topological polar surface area (TPSA) is 76.1 Å². The van der Waals surface area contributed by atoms with E-state index in [1.54, 1.807) is 23.1 Å². The van der Waals surface area contributed by atoms with Crippen molar-refractivity contribution in [1.29, 1.82) is 0 Å². The second kappa shape index (κ2) is 5.03. The van der Waals surface area contributed by atoms with Crippen LogP contribution in [0.15, 0.2) is 18.2 Å². The maximum atomic E-state index is 11.7. The van der Waals surface area contributed by atoms with Crippen molar-refractivity contribution < 1.29 is 24.2 Å². The molecule has 3 rings (SSSR count). The van der Waals surface area contributed by atoms with Crippen molar-refractivity contribution in [3.05, 3.63) is 23.8 Å². The molecule has 1 saturated heterocycles. The van der Waals surface area contributed by atoms with Crippen molar-refractivity contribution in [2.75, 3.05) is 19.7 Å². The quantitative estimate of drug-likeness (QED) is 0.876. The van der Waals surface area contributed by atoms with E-state index in [2.05, 4.69) is 0 Å². The zero-order valence-corrected chi connectivity index (χ0v) is 10.9. The van der Waals surface area contributed by atoms with Crippen molar-refractivity contribution in [2.45, 2.75) is 18.9 Å². The van der Waals surface area contributed by atoms with Crippen molar-refractivity contribution in [2.24, 2.45) is 0 Å². The number of rotatable bonds is 4. The Morgan fingerprint density at radius 3 is 2.85 bits per heavy atom. The molecule has 0 aromatic heterocycles. The lowest BCUT2D eigenvalue weighted by Gasteiger charge is -2.30. The number of carboxylic acid groups (broad SMARTS) is 1. The summed E-state index contributed by atoms with van der Waals surface area (Å²) in [6.45, 7) is 1.60. The Bertz CT molecular complexity index is 552. The van der Waals surface area contributed by atoms with Crippen LogP contribution in [0.5, 0.6) is 11.5 Å². The summed E-state index contributed by atoms with van der Waals surface area (Å²) in [5, 5.41) is 8.92. The number of carbonyl (C=O) groups is 2. The number of nitrogens with zero attached hydrogens (tertiary/aromatic N) is 1. The number of fused-ring (bicyclic) bond motifs is 1. The number of aliphatic carboxylic acids is 1. The molecule has 0 saturated carbocycles. The molecular weight excluding hydrogens is 262 g/mol. The molecule has 1 unspecified atom stereocenters. The molecule has 0 radical (unpaired) electrons. The molecule has 1 aromatic carbocycles. The molecule has 6 heteroatoms. The smallest absolute Gasteiger partial charge is 0.345 e. The molecule has 0 aliphatic carbocycles. The Hall–Kier alpha value is -2.24. The van der Waals surface area contributed by atoms with Gasteiger partial charge in [0.1, 0.15) is 11.5 Å². The van der Waals surface area contributed by atoms with Gasteiger partial charge in [0.2, 0.25) is 0 Å². The molecule has 1 aromatic rings. The zero-order valence-electron chi connectivity index (χ0n) is 10.9. The van der Waals surface area contributed by atoms with Gasteiger partial charge in [0.05, 0.1) is 0 Å². The Morgan fingerprint density at radius 2 is 2.20 bits per heavy atom. The molecule has 2 heterocycles. The van der Waals surface area contributed by atoms with Gasteiger partial charge in [0, 0.05) is 25.6 Å². The lowest BCUT2D eigenvalue weighted by Crippen LogP contribution is -2.44. The van der Waals surface area contributed by atoms with Crippen LogP contribution in [0, 0.1) is 0 Å². The third-order valence-electron chi connectivity index (χ3n) is 3.56.